The van der Waals surface area contributed by atoms with Crippen LogP contribution in [0.3, 0.4) is 0 Å². The summed E-state index contributed by atoms with van der Waals surface area (Å²) >= 11 is 0. The van der Waals surface area contributed by atoms with Crippen LogP contribution in [0.15, 0.2) is 30.5 Å². The molecular formula is C15H15N7O2. The zero-order valence-corrected chi connectivity index (χ0v) is 12.3. The van der Waals surface area contributed by atoms with Gasteiger partial charge in [-0.25, -0.2) is 14.8 Å². The van der Waals surface area contributed by atoms with Gasteiger partial charge in [0.05, 0.1) is 24.0 Å². The van der Waals surface area contributed by atoms with Crippen LogP contribution in [0.25, 0.3) is 11.2 Å². The van der Waals surface area contributed by atoms with Gasteiger partial charge in [0, 0.05) is 16.8 Å². The van der Waals surface area contributed by atoms with Crippen LogP contribution in [-0.4, -0.2) is 38.0 Å². The Hall–Kier alpha value is -3.49. The number of anilines is 3. The highest BCUT2D eigenvalue weighted by Crippen LogP contribution is 2.18. The van der Waals surface area contributed by atoms with Crippen LogP contribution >= 0.6 is 0 Å². The smallest absolute Gasteiger partial charge is 0.335 e. The number of carboxylic acids is 1. The van der Waals surface area contributed by atoms with Crippen molar-refractivity contribution in [3.63, 3.8) is 0 Å². The quantitative estimate of drug-likeness (QED) is 0.636. The maximum absolute atomic E-state index is 11.0. The zero-order valence-electron chi connectivity index (χ0n) is 15.3. The summed E-state index contributed by atoms with van der Waals surface area (Å²) < 4.78 is 23.3. The molecule has 9 nitrogen and oxygen atoms in total. The number of fused-ring (bicyclic) bond motifs is 1. The molecule has 0 saturated carbocycles. The number of carbonyl (C=O) groups is 1. The summed E-state index contributed by atoms with van der Waals surface area (Å²) in [6.07, 6.45) is 1.37. The van der Waals surface area contributed by atoms with Crippen molar-refractivity contribution in [2.45, 2.75) is 6.54 Å². The molecule has 0 fully saturated rings. The molecule has 9 heteroatoms. The molecule has 0 aliphatic rings. The number of carboxylic acid groups (broad SMARTS) is 1. The van der Waals surface area contributed by atoms with Gasteiger partial charge in [-0.1, -0.05) is 0 Å². The molecule has 0 bridgehead atoms. The van der Waals surface area contributed by atoms with E-state index in [4.69, 9.17) is 20.7 Å². The van der Waals surface area contributed by atoms with Gasteiger partial charge in [0.2, 0.25) is 5.95 Å². The number of aromatic nitrogens is 4. The molecule has 0 unspecified atom stereocenters. The first-order chi connectivity index (χ1) is 12.6. The predicted octanol–water partition coefficient (Wildman–Crippen LogP) is 0.919. The van der Waals surface area contributed by atoms with Gasteiger partial charge in [-0.15, -0.1) is 0 Å². The van der Waals surface area contributed by atoms with Gasteiger partial charge < -0.3 is 21.5 Å². The minimum atomic E-state index is -2.50. The van der Waals surface area contributed by atoms with Crippen molar-refractivity contribution in [1.29, 1.82) is 0 Å². The van der Waals surface area contributed by atoms with E-state index in [2.05, 4.69) is 19.9 Å². The van der Waals surface area contributed by atoms with Gasteiger partial charge in [-0.2, -0.15) is 9.97 Å². The number of nitrogens with zero attached hydrogens (tertiary/aromatic N) is 5. The standard InChI is InChI=1S/C15H15N7O2/c1-22(10-4-2-8(3-5-10)14(23)24)7-9-6-18-13-11(19-9)12(16)20-15(17)21-13/h2-6H,7H2,1H3,(H,23,24)(H4,16,17,18,20,21)/i1D3. The Balaban J connectivity index is 1.98. The Morgan fingerprint density at radius 2 is 2.00 bits per heavy atom. The Labute approximate surface area is 141 Å². The van der Waals surface area contributed by atoms with E-state index in [0.717, 1.165) is 4.90 Å². The second-order valence-electron chi connectivity index (χ2n) is 4.94. The van der Waals surface area contributed by atoms with Gasteiger partial charge in [0.1, 0.15) is 0 Å². The van der Waals surface area contributed by atoms with Crippen molar-refractivity contribution in [2.24, 2.45) is 0 Å². The van der Waals surface area contributed by atoms with Crippen molar-refractivity contribution >= 4 is 34.6 Å². The lowest BCUT2D eigenvalue weighted by molar-refractivity contribution is 0.0697. The molecule has 2 aromatic heterocycles. The number of nitrogens with two attached hydrogens (primary N) is 2. The van der Waals surface area contributed by atoms with E-state index in [1.165, 1.54) is 30.5 Å². The molecule has 3 aromatic rings. The zero-order chi connectivity index (χ0) is 19.8. The van der Waals surface area contributed by atoms with Crippen LogP contribution in [0.2, 0.25) is 0 Å². The van der Waals surface area contributed by atoms with Gasteiger partial charge >= 0.3 is 5.97 Å². The van der Waals surface area contributed by atoms with Gasteiger partial charge in [-0.05, 0) is 24.3 Å². The summed E-state index contributed by atoms with van der Waals surface area (Å²) in [4.78, 5) is 28.2. The maximum atomic E-state index is 11.0. The summed E-state index contributed by atoms with van der Waals surface area (Å²) in [5, 5.41) is 8.98. The normalized spacial score (nSPS) is 13.1. The van der Waals surface area contributed by atoms with Crippen molar-refractivity contribution in [3.8, 4) is 0 Å². The van der Waals surface area contributed by atoms with Crippen LogP contribution in [0.4, 0.5) is 17.5 Å². The van der Waals surface area contributed by atoms with Crippen molar-refractivity contribution in [1.82, 2.24) is 19.9 Å². The molecule has 24 heavy (non-hydrogen) atoms. The lowest BCUT2D eigenvalue weighted by Gasteiger charge is -2.19. The fourth-order valence-corrected chi connectivity index (χ4v) is 2.10. The molecule has 1 aromatic carbocycles. The summed E-state index contributed by atoms with van der Waals surface area (Å²) in [5.41, 5.74) is 12.4. The summed E-state index contributed by atoms with van der Waals surface area (Å²) in [7, 11) is 0. The molecule has 0 amide bonds. The van der Waals surface area contributed by atoms with Crippen LogP contribution < -0.4 is 16.4 Å². The molecule has 0 aliphatic heterocycles. The second-order valence-corrected chi connectivity index (χ2v) is 4.94. The number of nitrogen functional groups attached to an aromatic ring is 2. The average Bonchev–Trinajstić information content (AvgIpc) is 2.59. The van der Waals surface area contributed by atoms with E-state index in [0.29, 0.717) is 11.4 Å². The van der Waals surface area contributed by atoms with Crippen molar-refractivity contribution in [3.05, 3.63) is 41.7 Å². The fourth-order valence-electron chi connectivity index (χ4n) is 2.10. The number of hydrogen-bond donors (Lipinski definition) is 3. The Kier molecular flexibility index (Phi) is 2.98. The number of rotatable bonds is 4. The van der Waals surface area contributed by atoms with Crippen molar-refractivity contribution < 1.29 is 14.0 Å². The van der Waals surface area contributed by atoms with E-state index >= 15 is 0 Å². The monoisotopic (exact) mass is 328 g/mol. The molecule has 0 aliphatic carbocycles. The Bertz CT molecular complexity index is 1010. The van der Waals surface area contributed by atoms with Crippen LogP contribution in [0.5, 0.6) is 0 Å². The van der Waals surface area contributed by atoms with E-state index < -0.39 is 12.9 Å². The van der Waals surface area contributed by atoms with Crippen LogP contribution in [0, 0.1) is 0 Å². The molecule has 3 rings (SSSR count). The van der Waals surface area contributed by atoms with Gasteiger partial charge in [-0.3, -0.25) is 0 Å². The molecule has 0 radical (unpaired) electrons. The number of benzene rings is 1. The third-order valence-corrected chi connectivity index (χ3v) is 3.25. The largest absolute Gasteiger partial charge is 0.478 e. The number of aromatic carboxylic acids is 1. The minimum Gasteiger partial charge on any atom is -0.478 e. The van der Waals surface area contributed by atoms with E-state index in [1.807, 2.05) is 0 Å². The SMILES string of the molecule is [2H]C([2H])([2H])N(Cc1cnc2nc(N)nc(N)c2n1)c1ccc(C(=O)O)cc1. The number of hydrogen-bond acceptors (Lipinski definition) is 8. The highest BCUT2D eigenvalue weighted by atomic mass is 16.4. The molecule has 2 heterocycles. The lowest BCUT2D eigenvalue weighted by Crippen LogP contribution is -2.18. The molecule has 0 spiro atoms. The fraction of sp³-hybridized carbons (Fsp3) is 0.133. The third kappa shape index (κ3) is 3.00. The van der Waals surface area contributed by atoms with Gasteiger partial charge in [0.25, 0.3) is 0 Å². The molecule has 0 saturated heterocycles. The van der Waals surface area contributed by atoms with E-state index in [9.17, 15) is 4.79 Å². The highest BCUT2D eigenvalue weighted by Gasteiger charge is 2.10. The topological polar surface area (TPSA) is 144 Å². The highest BCUT2D eigenvalue weighted by molar-refractivity contribution is 5.88. The summed E-state index contributed by atoms with van der Waals surface area (Å²) in [5.74, 6) is -1.10. The van der Waals surface area contributed by atoms with Crippen LogP contribution in [-0.2, 0) is 6.54 Å². The summed E-state index contributed by atoms with van der Waals surface area (Å²) in [6.45, 7) is -2.61. The van der Waals surface area contributed by atoms with Gasteiger partial charge in [0.15, 0.2) is 17.0 Å². The van der Waals surface area contributed by atoms with E-state index in [-0.39, 0.29) is 35.0 Å². The predicted molar refractivity (Wildman–Crippen MR) is 89.5 cm³/mol. The molecule has 5 N–H and O–H groups in total. The van der Waals surface area contributed by atoms with Crippen LogP contribution in [0.1, 0.15) is 20.2 Å². The maximum Gasteiger partial charge on any atom is 0.335 e. The second kappa shape index (κ2) is 5.95. The summed E-state index contributed by atoms with van der Waals surface area (Å²) in [6, 6.07) is 5.50. The first kappa shape index (κ1) is 12.0. The van der Waals surface area contributed by atoms with Crippen molar-refractivity contribution in [2.75, 3.05) is 23.3 Å². The molecule has 122 valence electrons. The Morgan fingerprint density at radius 1 is 1.25 bits per heavy atom. The lowest BCUT2D eigenvalue weighted by atomic mass is 10.2. The van der Waals surface area contributed by atoms with E-state index in [1.54, 1.807) is 0 Å². The molecular weight excluding hydrogens is 310 g/mol. The minimum absolute atomic E-state index is 0.0373. The third-order valence-electron chi connectivity index (χ3n) is 3.25. The first-order valence-corrected chi connectivity index (χ1v) is 6.81. The average molecular weight is 328 g/mol. The Morgan fingerprint density at radius 3 is 2.67 bits per heavy atom. The molecule has 0 atom stereocenters. The first-order valence-electron chi connectivity index (χ1n) is 8.31.